The van der Waals surface area contributed by atoms with Crippen molar-refractivity contribution in [2.45, 2.75) is 158 Å². The Morgan fingerprint density at radius 2 is 0.685 bits per heavy atom. The van der Waals surface area contributed by atoms with Crippen LogP contribution in [0.15, 0.2) is 211 Å². The first-order valence-corrected chi connectivity index (χ1v) is 45.7. The van der Waals surface area contributed by atoms with Gasteiger partial charge < -0.3 is 35.5 Å². The number of nitrogens with one attached hydrogen (secondary N) is 4. The van der Waals surface area contributed by atoms with E-state index >= 15 is 0 Å². The van der Waals surface area contributed by atoms with Crippen molar-refractivity contribution in [1.29, 1.82) is 0 Å². The van der Waals surface area contributed by atoms with E-state index < -0.39 is 40.1 Å². The van der Waals surface area contributed by atoms with Crippen molar-refractivity contribution < 1.29 is 57.5 Å². The SMILES string of the molecule is CCCCCCCCNC1c2ccccc2N(CC)S(=O)(=O)c2ccccc21.CCN1c2ccccc2C(NCCCOC)c2ccccc2S1(=O)=O.CCSc1ccc2c(c1)S(=O)(=O)N(C)c1ccccc1C2NCCCOC.COCCCNC1c2ccccc2N(C)S(=O)(=O)c2cc(SC(C)C)ccc21.O=C=O. The predicted molar refractivity (Wildman–Crippen MR) is 448 cm³/mol. The second-order valence-electron chi connectivity index (χ2n) is 27.0. The highest BCUT2D eigenvalue weighted by atomic mass is 32.2. The lowest BCUT2D eigenvalue weighted by atomic mass is 9.96. The van der Waals surface area contributed by atoms with Crippen LogP contribution in [0, 0.1) is 0 Å². The van der Waals surface area contributed by atoms with Crippen molar-refractivity contribution >= 4 is 92.5 Å². The summed E-state index contributed by atoms with van der Waals surface area (Å²) in [5.41, 5.74) is 10.1. The van der Waals surface area contributed by atoms with Crippen LogP contribution in [0.3, 0.4) is 0 Å². The molecule has 600 valence electrons. The molecule has 4 unspecified atom stereocenters. The molecule has 0 saturated heterocycles. The highest BCUT2D eigenvalue weighted by Crippen LogP contribution is 2.46. The largest absolute Gasteiger partial charge is 0.385 e. The summed E-state index contributed by atoms with van der Waals surface area (Å²) in [6, 6.07) is 56.6. The maximum atomic E-state index is 13.4. The van der Waals surface area contributed by atoms with Crippen LogP contribution in [-0.2, 0) is 63.9 Å². The lowest BCUT2D eigenvalue weighted by molar-refractivity contribution is -0.191. The number of anilines is 4. The predicted octanol–water partition coefficient (Wildman–Crippen LogP) is 15.3. The van der Waals surface area contributed by atoms with Crippen molar-refractivity contribution in [2.75, 3.05) is 117 Å². The smallest absolute Gasteiger partial charge is 0.373 e. The first-order valence-electron chi connectivity index (χ1n) is 38.0. The number of rotatable bonds is 29. The lowest BCUT2D eigenvalue weighted by Crippen LogP contribution is -2.30. The number of para-hydroxylation sites is 4. The summed E-state index contributed by atoms with van der Waals surface area (Å²) >= 11 is 3.32. The molecule has 0 aliphatic carbocycles. The van der Waals surface area contributed by atoms with Gasteiger partial charge in [-0.1, -0.05) is 181 Å². The molecule has 0 spiro atoms. The van der Waals surface area contributed by atoms with Crippen LogP contribution in [0.2, 0.25) is 0 Å². The van der Waals surface area contributed by atoms with E-state index in [4.69, 9.17) is 23.8 Å². The van der Waals surface area contributed by atoms with Crippen LogP contribution in [0.5, 0.6) is 0 Å². The van der Waals surface area contributed by atoms with E-state index in [9.17, 15) is 33.7 Å². The topological polar surface area (TPSA) is 259 Å². The highest BCUT2D eigenvalue weighted by molar-refractivity contribution is 8.00. The first kappa shape index (κ1) is 89.1. The Balaban J connectivity index is 0.000000184. The normalized spacial score (nSPS) is 17.5. The van der Waals surface area contributed by atoms with Gasteiger partial charge >= 0.3 is 6.15 Å². The maximum absolute atomic E-state index is 13.4. The van der Waals surface area contributed by atoms with Gasteiger partial charge in [0.05, 0.1) is 66.5 Å². The van der Waals surface area contributed by atoms with E-state index in [-0.39, 0.29) is 30.3 Å². The van der Waals surface area contributed by atoms with E-state index in [1.54, 1.807) is 77.1 Å². The Morgan fingerprint density at radius 1 is 0.378 bits per heavy atom. The zero-order valence-corrected chi connectivity index (χ0v) is 70.6. The van der Waals surface area contributed by atoms with Gasteiger partial charge in [-0.3, -0.25) is 17.2 Å². The lowest BCUT2D eigenvalue weighted by Gasteiger charge is -2.24. The monoisotopic (exact) mass is 1630 g/mol. The number of fused-ring (bicyclic) bond motifs is 8. The molecule has 8 aromatic rings. The summed E-state index contributed by atoms with van der Waals surface area (Å²) in [6.45, 7) is 18.2. The third kappa shape index (κ3) is 21.7. The molecule has 12 rings (SSSR count). The molecular formula is C84H110N8O13S6. The molecule has 0 saturated carbocycles. The Labute approximate surface area is 668 Å². The van der Waals surface area contributed by atoms with E-state index in [0.717, 1.165) is 123 Å². The molecule has 4 N–H and O–H groups in total. The highest BCUT2D eigenvalue weighted by Gasteiger charge is 2.40. The number of thioether (sulfide) groups is 2. The van der Waals surface area contributed by atoms with Crippen LogP contribution < -0.4 is 38.5 Å². The zero-order valence-electron chi connectivity index (χ0n) is 65.7. The van der Waals surface area contributed by atoms with Crippen LogP contribution in [-0.4, -0.2) is 145 Å². The molecule has 0 fully saturated rings. The summed E-state index contributed by atoms with van der Waals surface area (Å²) in [6.07, 6.45) is 10.3. The van der Waals surface area contributed by atoms with E-state index in [2.05, 4.69) is 55.0 Å². The number of ether oxygens (including phenoxy) is 3. The number of unbranched alkanes of at least 4 members (excludes halogenated alkanes) is 5. The van der Waals surface area contributed by atoms with Crippen molar-refractivity contribution in [2.24, 2.45) is 0 Å². The van der Waals surface area contributed by atoms with Crippen LogP contribution in [0.4, 0.5) is 22.7 Å². The Kier molecular flexibility index (Phi) is 34.6. The Morgan fingerprint density at radius 3 is 1.05 bits per heavy atom. The van der Waals surface area contributed by atoms with Gasteiger partial charge in [-0.25, -0.2) is 33.7 Å². The second-order valence-corrected chi connectivity index (χ2v) is 37.6. The average Bonchev–Trinajstić information content (AvgIpc) is 1.63. The number of nitrogens with zero attached hydrogens (tertiary/aromatic N) is 4. The molecule has 0 bridgehead atoms. The summed E-state index contributed by atoms with van der Waals surface area (Å²) < 4.78 is 128. The van der Waals surface area contributed by atoms with Gasteiger partial charge in [0, 0.05) is 83.4 Å². The minimum atomic E-state index is -3.64. The number of carbonyl (C=O) groups excluding carboxylic acids is 2. The molecule has 21 nitrogen and oxygen atoms in total. The average molecular weight is 1630 g/mol. The number of methoxy groups -OCH3 is 3. The minimum Gasteiger partial charge on any atom is -0.385 e. The third-order valence-electron chi connectivity index (χ3n) is 19.4. The molecule has 0 aromatic heterocycles. The fraction of sp³-hybridized carbons (Fsp3) is 0.417. The molecule has 8 aromatic carbocycles. The van der Waals surface area contributed by atoms with Gasteiger partial charge in [-0.05, 0) is 177 Å². The van der Waals surface area contributed by atoms with Crippen LogP contribution in [0.25, 0.3) is 0 Å². The quantitative estimate of drug-likeness (QED) is 0.0251. The Bertz CT molecular complexity index is 4840. The van der Waals surface area contributed by atoms with Crippen LogP contribution >= 0.6 is 23.5 Å². The summed E-state index contributed by atoms with van der Waals surface area (Å²) in [4.78, 5) is 19.7. The fourth-order valence-corrected chi connectivity index (χ4v) is 22.4. The number of benzene rings is 8. The molecule has 4 atom stereocenters. The summed E-state index contributed by atoms with van der Waals surface area (Å²) in [5.74, 6) is 0.896. The summed E-state index contributed by atoms with van der Waals surface area (Å²) in [5, 5.41) is 14.6. The maximum Gasteiger partial charge on any atom is 0.373 e. The standard InChI is InChI=1S/C23H32N2O2S.C21H28N2O3S2.C20H26N2O3S2.C19H24N2O3S.CO2/c1-3-5-6-7-8-13-18-24-23-19-14-9-11-16-21(19)25(4-2)28(26,27)22-17-12-10-15-20(22)23;1-15(2)27-16-10-11-18-20(14-16)28(24,25)23(3)19-9-6-5-8-17(19)21(18)22-12-7-13-26-4;1-4-26-15-10-11-17-19(14-15)27(23,24)22(2)18-9-6-5-8-16(18)20(17)21-12-7-13-25-3;1-3-21-17-11-6-4-9-15(17)19(20-13-8-14-24-2)16-10-5-7-12-18(16)25(21,22)23;2-1-3/h9-12,14-17,23-24H,3-8,13,18H2,1-2H3;5-6,8-11,14-15,21-22H,7,12-13H2,1-4H3;5-6,8-11,14,20-21H,4,7,12-13H2,1-3H3;4-7,9-12,19-20H,3,8,13-14H2,1-2H3;. The van der Waals surface area contributed by atoms with Crippen LogP contribution in [0.1, 0.15) is 168 Å². The van der Waals surface area contributed by atoms with E-state index in [1.807, 2.05) is 172 Å². The van der Waals surface area contributed by atoms with Crippen molar-refractivity contribution in [1.82, 2.24) is 21.3 Å². The van der Waals surface area contributed by atoms with E-state index in [0.29, 0.717) is 69.1 Å². The summed E-state index contributed by atoms with van der Waals surface area (Å²) in [7, 11) is -6.10. The first-order chi connectivity index (χ1) is 53.5. The third-order valence-corrected chi connectivity index (χ3v) is 28.9. The molecule has 27 heteroatoms. The van der Waals surface area contributed by atoms with Gasteiger partial charge in [0.2, 0.25) is 0 Å². The zero-order chi connectivity index (χ0) is 80.3. The van der Waals surface area contributed by atoms with Crippen molar-refractivity contribution in [3.05, 3.63) is 226 Å². The number of hydrogen-bond donors (Lipinski definition) is 4. The molecule has 0 radical (unpaired) electrons. The molecular weight excluding hydrogens is 1520 g/mol. The minimum absolute atomic E-state index is 0.116. The van der Waals surface area contributed by atoms with Crippen molar-refractivity contribution in [3.8, 4) is 0 Å². The van der Waals surface area contributed by atoms with E-state index in [1.165, 1.54) is 49.3 Å². The van der Waals surface area contributed by atoms with Gasteiger partial charge in [0.25, 0.3) is 40.1 Å². The van der Waals surface area contributed by atoms with Gasteiger partial charge in [-0.15, -0.1) is 23.5 Å². The Hall–Kier alpha value is -7.44. The number of sulfonamides is 4. The fourth-order valence-electron chi connectivity index (χ4n) is 14.2. The second kappa shape index (κ2) is 43.2. The van der Waals surface area contributed by atoms with Gasteiger partial charge in [-0.2, -0.15) is 9.59 Å². The molecule has 111 heavy (non-hydrogen) atoms. The molecule has 4 aliphatic heterocycles. The molecule has 0 amide bonds. The number of hydrogen-bond acceptors (Lipinski definition) is 19. The van der Waals surface area contributed by atoms with Crippen molar-refractivity contribution in [3.63, 3.8) is 0 Å². The van der Waals surface area contributed by atoms with Gasteiger partial charge in [0.15, 0.2) is 0 Å². The molecule has 4 aliphatic rings. The molecule has 4 heterocycles. The van der Waals surface area contributed by atoms with Gasteiger partial charge in [0.1, 0.15) is 0 Å².